The van der Waals surface area contributed by atoms with Crippen LogP contribution in [0.15, 0.2) is 0 Å². The highest BCUT2D eigenvalue weighted by molar-refractivity contribution is 6.61. The molecule has 0 fully saturated rings. The van der Waals surface area contributed by atoms with Gasteiger partial charge in [0.25, 0.3) is 5.97 Å². The Balaban J connectivity index is -0.000000118. The number of hydrogen-bond acceptors (Lipinski definition) is 7. The molecule has 0 saturated heterocycles. The lowest BCUT2D eigenvalue weighted by molar-refractivity contribution is -0.160. The van der Waals surface area contributed by atoms with Crippen molar-refractivity contribution in [2.45, 2.75) is 41.5 Å². The molecule has 0 aromatic rings. The summed E-state index contributed by atoms with van der Waals surface area (Å²) in [6, 6.07) is 0. The van der Waals surface area contributed by atoms with Crippen LogP contribution in [0.25, 0.3) is 0 Å². The van der Waals surface area contributed by atoms with Crippen LogP contribution in [0, 0.1) is 11.8 Å². The quantitative estimate of drug-likeness (QED) is 0.465. The van der Waals surface area contributed by atoms with Gasteiger partial charge in [-0.2, -0.15) is 0 Å². The van der Waals surface area contributed by atoms with Crippen molar-refractivity contribution in [2.24, 2.45) is 11.8 Å². The molecule has 23 heavy (non-hydrogen) atoms. The van der Waals surface area contributed by atoms with Gasteiger partial charge in [-0.15, -0.1) is 0 Å². The summed E-state index contributed by atoms with van der Waals surface area (Å²) in [6.45, 7) is 11.9. The van der Waals surface area contributed by atoms with Crippen LogP contribution in [0.4, 0.5) is 4.79 Å². The van der Waals surface area contributed by atoms with Crippen molar-refractivity contribution >= 4 is 41.7 Å². The van der Waals surface area contributed by atoms with Gasteiger partial charge in [-0.05, 0) is 5.92 Å². The lowest BCUT2D eigenvalue weighted by Gasteiger charge is -2.00. The van der Waals surface area contributed by atoms with E-state index in [1.807, 2.05) is 20.6 Å². The highest BCUT2D eigenvalue weighted by Gasteiger charge is 2.09. The minimum atomic E-state index is -0.833. The topological polar surface area (TPSA) is 124 Å². The molecule has 0 bridgehead atoms. The summed E-state index contributed by atoms with van der Waals surface area (Å²) in [5.74, 6) is -1.72. The first-order valence-corrected chi connectivity index (χ1v) is 6.80. The lowest BCUT2D eigenvalue weighted by Crippen LogP contribution is -2.14. The Hall–Kier alpha value is -1.96. The van der Waals surface area contributed by atoms with Gasteiger partial charge >= 0.3 is 17.4 Å². The highest BCUT2D eigenvalue weighted by atomic mass is 35.5. The summed E-state index contributed by atoms with van der Waals surface area (Å²) in [4.78, 5) is 47.5. The third-order valence-corrected chi connectivity index (χ3v) is 1.35. The van der Waals surface area contributed by atoms with Crippen LogP contribution in [0.2, 0.25) is 0 Å². The summed E-state index contributed by atoms with van der Waals surface area (Å²) in [7, 11) is 0. The number of carbonyl (C=O) groups excluding carboxylic acids is 4. The molecule has 0 aliphatic heterocycles. The number of hydrogen-bond donors (Lipinski definition) is 1. The maximum atomic E-state index is 10.5. The Kier molecular flexibility index (Phi) is 25.4. The Morgan fingerprint density at radius 3 is 1.48 bits per heavy atom. The summed E-state index contributed by atoms with van der Waals surface area (Å²) in [5.41, 5.74) is -0.723. The maximum absolute atomic E-state index is 10.5. The van der Waals surface area contributed by atoms with E-state index in [1.54, 1.807) is 13.8 Å². The van der Waals surface area contributed by atoms with Gasteiger partial charge in [0.15, 0.2) is 0 Å². The molecule has 0 aromatic carbocycles. The van der Waals surface area contributed by atoms with Gasteiger partial charge < -0.3 is 19.4 Å². The molecule has 8 nitrogen and oxygen atoms in total. The number of rotatable bonds is 3. The van der Waals surface area contributed by atoms with E-state index in [0.717, 1.165) is 6.92 Å². The fourth-order valence-electron chi connectivity index (χ4n) is 0.492. The van der Waals surface area contributed by atoms with Crippen LogP contribution >= 0.6 is 11.6 Å². The molecular weight excluding hydrogens is 332 g/mol. The summed E-state index contributed by atoms with van der Waals surface area (Å²) < 4.78 is 8.66. The second kappa shape index (κ2) is 20.0. The van der Waals surface area contributed by atoms with E-state index in [-0.39, 0.29) is 5.92 Å². The first-order chi connectivity index (χ1) is 10.4. The first-order valence-electron chi connectivity index (χ1n) is 6.43. The zero-order valence-electron chi connectivity index (χ0n) is 14.3. The Morgan fingerprint density at radius 2 is 1.39 bits per heavy atom. The van der Waals surface area contributed by atoms with Crippen molar-refractivity contribution in [1.82, 2.24) is 0 Å². The third-order valence-electron chi connectivity index (χ3n) is 1.25. The molecule has 0 saturated carbocycles. The molecule has 0 aromatic heterocycles. The molecule has 0 spiro atoms. The van der Waals surface area contributed by atoms with Gasteiger partial charge in [-0.1, -0.05) is 27.7 Å². The molecule has 0 aliphatic rings. The van der Waals surface area contributed by atoms with Crippen LogP contribution < -0.4 is 0 Å². The van der Waals surface area contributed by atoms with Crippen LogP contribution in [-0.2, 0) is 28.7 Å². The molecule has 0 radical (unpaired) electrons. The molecule has 0 unspecified atom stereocenters. The van der Waals surface area contributed by atoms with Crippen molar-refractivity contribution in [3.8, 4) is 0 Å². The number of aliphatic carboxylic acids is 1. The predicted molar refractivity (Wildman–Crippen MR) is 84.1 cm³/mol. The fourth-order valence-corrected chi connectivity index (χ4v) is 0.555. The van der Waals surface area contributed by atoms with Crippen LogP contribution in [-0.4, -0.2) is 41.8 Å². The highest BCUT2D eigenvalue weighted by Crippen LogP contribution is 1.95. The third kappa shape index (κ3) is 53.5. The minimum Gasteiger partial charge on any atom is -0.481 e. The van der Waals surface area contributed by atoms with E-state index in [9.17, 15) is 14.4 Å². The van der Waals surface area contributed by atoms with Gasteiger partial charge in [0, 0.05) is 25.4 Å². The van der Waals surface area contributed by atoms with Gasteiger partial charge in [0.2, 0.25) is 0 Å². The molecule has 0 aliphatic carbocycles. The predicted octanol–water partition coefficient (Wildman–Crippen LogP) is 2.66. The zero-order valence-corrected chi connectivity index (χ0v) is 15.0. The second-order valence-electron chi connectivity index (χ2n) is 4.53. The average molecular weight is 357 g/mol. The number of ether oxygens (including phenoxy) is 2. The Morgan fingerprint density at radius 1 is 1.04 bits per heavy atom. The van der Waals surface area contributed by atoms with E-state index in [2.05, 4.69) is 9.47 Å². The Labute approximate surface area is 141 Å². The van der Waals surface area contributed by atoms with Gasteiger partial charge in [-0.3, -0.25) is 14.4 Å². The Bertz CT molecular complexity index is 349. The molecule has 0 atom stereocenters. The van der Waals surface area contributed by atoms with E-state index < -0.39 is 23.3 Å². The molecule has 0 heterocycles. The van der Waals surface area contributed by atoms with E-state index in [4.69, 9.17) is 26.3 Å². The monoisotopic (exact) mass is 356 g/mol. The average Bonchev–Trinajstić information content (AvgIpc) is 2.38. The van der Waals surface area contributed by atoms with Crippen molar-refractivity contribution in [3.63, 3.8) is 0 Å². The normalized spacial score (nSPS) is 8.22. The first kappa shape index (κ1) is 29.1. The molecule has 1 N–H and O–H groups in total. The molecule has 9 heteroatoms. The van der Waals surface area contributed by atoms with Gasteiger partial charge in [0.05, 0.1) is 12.5 Å². The SMILES string of the molecule is C=O.CC(=O)O.CC(=O)OC(=O)C(C)C.CC(C)COC(=O)Cl. The number of carboxylic acid groups (broad SMARTS) is 1. The van der Waals surface area contributed by atoms with Crippen LogP contribution in [0.3, 0.4) is 0 Å². The van der Waals surface area contributed by atoms with E-state index >= 15 is 0 Å². The number of carboxylic acids is 1. The number of carbonyl (C=O) groups is 5. The number of halogens is 1. The smallest absolute Gasteiger partial charge is 0.403 e. The van der Waals surface area contributed by atoms with E-state index in [1.165, 1.54) is 6.92 Å². The summed E-state index contributed by atoms with van der Waals surface area (Å²) >= 11 is 4.86. The van der Waals surface area contributed by atoms with Crippen molar-refractivity contribution in [3.05, 3.63) is 0 Å². The fraction of sp³-hybridized carbons (Fsp3) is 0.643. The van der Waals surface area contributed by atoms with Crippen molar-refractivity contribution < 1.29 is 38.6 Å². The van der Waals surface area contributed by atoms with Gasteiger partial charge in [0.1, 0.15) is 6.79 Å². The largest absolute Gasteiger partial charge is 0.481 e. The van der Waals surface area contributed by atoms with Gasteiger partial charge in [-0.25, -0.2) is 4.79 Å². The van der Waals surface area contributed by atoms with E-state index in [0.29, 0.717) is 12.5 Å². The molecule has 0 amide bonds. The zero-order chi connectivity index (χ0) is 19.6. The lowest BCUT2D eigenvalue weighted by atomic mass is 10.2. The van der Waals surface area contributed by atoms with Crippen LogP contribution in [0.5, 0.6) is 0 Å². The van der Waals surface area contributed by atoms with Crippen molar-refractivity contribution in [1.29, 1.82) is 0 Å². The molecule has 0 rings (SSSR count). The van der Waals surface area contributed by atoms with Crippen molar-refractivity contribution in [2.75, 3.05) is 6.61 Å². The summed E-state index contributed by atoms with van der Waals surface area (Å²) in [5, 5.41) is 7.42. The maximum Gasteiger partial charge on any atom is 0.403 e. The standard InChI is InChI=1S/C6H10O3.C5H9ClO2.C2H4O2.CH2O/c1-4(2)6(8)9-5(3)7;1-4(2)3-8-5(6)7;1-2(3)4;1-2/h4H,1-3H3;4H,3H2,1-2H3;1H3,(H,3,4);1H2. The number of esters is 2. The molecular formula is C14H25ClO8. The molecule has 136 valence electrons. The minimum absolute atomic E-state index is 0.228. The summed E-state index contributed by atoms with van der Waals surface area (Å²) in [6.07, 6.45) is 0. The van der Waals surface area contributed by atoms with Crippen LogP contribution in [0.1, 0.15) is 41.5 Å². The second-order valence-corrected chi connectivity index (χ2v) is 4.84.